The Morgan fingerprint density at radius 1 is 1.22 bits per heavy atom. The molecule has 188 valence electrons. The molecule has 3 aromatic rings. The summed E-state index contributed by atoms with van der Waals surface area (Å²) in [6.07, 6.45) is 12.9. The third kappa shape index (κ3) is 5.06. The van der Waals surface area contributed by atoms with Crippen molar-refractivity contribution in [1.82, 2.24) is 14.9 Å². The summed E-state index contributed by atoms with van der Waals surface area (Å²) in [6, 6.07) is 8.35. The lowest BCUT2D eigenvalue weighted by atomic mass is 9.90. The van der Waals surface area contributed by atoms with Crippen LogP contribution in [0.3, 0.4) is 0 Å². The van der Waals surface area contributed by atoms with Crippen LogP contribution in [0.5, 0.6) is 0 Å². The van der Waals surface area contributed by atoms with Gasteiger partial charge in [0.25, 0.3) is 11.5 Å². The van der Waals surface area contributed by atoms with Gasteiger partial charge < -0.3 is 15.2 Å². The normalized spacial score (nSPS) is 17.3. The van der Waals surface area contributed by atoms with Crippen molar-refractivity contribution in [1.29, 1.82) is 0 Å². The number of rotatable bonds is 6. The molecule has 1 aliphatic heterocycles. The number of fused-ring (bicyclic) bond motifs is 1. The van der Waals surface area contributed by atoms with Crippen molar-refractivity contribution < 1.29 is 4.79 Å². The van der Waals surface area contributed by atoms with Crippen molar-refractivity contribution >= 4 is 28.7 Å². The second-order valence-electron chi connectivity index (χ2n) is 10.3. The summed E-state index contributed by atoms with van der Waals surface area (Å²) in [5, 5.41) is 4.50. The molecule has 7 heteroatoms. The maximum Gasteiger partial charge on any atom is 0.259 e. The molecule has 0 atom stereocenters. The molecule has 0 bridgehead atoms. The topological polar surface area (TPSA) is 90.4 Å². The number of nitrogens with one attached hydrogen (secondary N) is 2. The monoisotopic (exact) mass is 485 g/mol. The first-order valence-electron chi connectivity index (χ1n) is 13.1. The third-order valence-electron chi connectivity index (χ3n) is 7.74. The van der Waals surface area contributed by atoms with Gasteiger partial charge in [-0.1, -0.05) is 18.9 Å². The average Bonchev–Trinajstić information content (AvgIpc) is 3.40. The largest absolute Gasteiger partial charge is 0.381 e. The molecule has 5 rings (SSSR count). The SMILES string of the molecule is CN=Cc1c(NC2CCCC2)c2cc(C(=O)N3CCC(Cc4cccnc4)CC3)c(C)cc2[nH]c1=O. The Kier molecular flexibility index (Phi) is 7.16. The van der Waals surface area contributed by atoms with Gasteiger partial charge in [0.1, 0.15) is 0 Å². The standard InChI is InChI=1S/C29H35N5O2/c1-19-14-26-24(27(32-22-7-3-4-8-22)25(18-30-2)28(35)33-26)16-23(19)29(36)34-12-9-20(10-13-34)15-21-6-5-11-31-17-21/h5-6,11,14,16-18,20,22H,3-4,7-10,12-13,15H2,1-2H3,(H2,32,33,35). The lowest BCUT2D eigenvalue weighted by molar-refractivity contribution is 0.0690. The first-order valence-corrected chi connectivity index (χ1v) is 13.1. The number of H-pyrrole nitrogens is 1. The zero-order valence-corrected chi connectivity index (χ0v) is 21.2. The van der Waals surface area contributed by atoms with Crippen molar-refractivity contribution in [2.45, 2.75) is 57.9 Å². The molecule has 1 amide bonds. The second-order valence-corrected chi connectivity index (χ2v) is 10.3. The molecule has 2 aliphatic rings. The molecule has 2 N–H and O–H groups in total. The van der Waals surface area contributed by atoms with Gasteiger partial charge in [-0.05, 0) is 74.3 Å². The van der Waals surface area contributed by atoms with E-state index in [9.17, 15) is 9.59 Å². The smallest absolute Gasteiger partial charge is 0.259 e. The number of aryl methyl sites for hydroxylation is 1. The summed E-state index contributed by atoms with van der Waals surface area (Å²) in [5.74, 6) is 0.636. The van der Waals surface area contributed by atoms with Gasteiger partial charge in [0.05, 0.1) is 16.8 Å². The van der Waals surface area contributed by atoms with Crippen LogP contribution in [0, 0.1) is 12.8 Å². The zero-order valence-electron chi connectivity index (χ0n) is 21.2. The van der Waals surface area contributed by atoms with Crippen LogP contribution in [0.1, 0.15) is 65.6 Å². The molecule has 1 saturated carbocycles. The molecular weight excluding hydrogens is 450 g/mol. The highest BCUT2D eigenvalue weighted by Crippen LogP contribution is 2.31. The fourth-order valence-corrected chi connectivity index (χ4v) is 5.74. The number of piperidine rings is 1. The number of nitrogens with zero attached hydrogens (tertiary/aromatic N) is 3. The Morgan fingerprint density at radius 2 is 2.00 bits per heavy atom. The highest BCUT2D eigenvalue weighted by atomic mass is 16.2. The quantitative estimate of drug-likeness (QED) is 0.494. The number of aromatic amines is 1. The van der Waals surface area contributed by atoms with Gasteiger partial charge in [-0.2, -0.15) is 0 Å². The fraction of sp³-hybridized carbons (Fsp3) is 0.448. The van der Waals surface area contributed by atoms with Crippen LogP contribution in [-0.4, -0.2) is 53.2 Å². The van der Waals surface area contributed by atoms with Crippen LogP contribution in [0.15, 0.2) is 46.4 Å². The fourth-order valence-electron chi connectivity index (χ4n) is 5.74. The summed E-state index contributed by atoms with van der Waals surface area (Å²) in [6.45, 7) is 3.47. The van der Waals surface area contributed by atoms with Crippen LogP contribution in [-0.2, 0) is 6.42 Å². The third-order valence-corrected chi connectivity index (χ3v) is 7.74. The van der Waals surface area contributed by atoms with E-state index in [0.29, 0.717) is 23.1 Å². The number of benzene rings is 1. The van der Waals surface area contributed by atoms with Gasteiger partial charge >= 0.3 is 0 Å². The van der Waals surface area contributed by atoms with Gasteiger partial charge in [-0.3, -0.25) is 19.6 Å². The highest BCUT2D eigenvalue weighted by molar-refractivity contribution is 6.06. The average molecular weight is 486 g/mol. The predicted octanol–water partition coefficient (Wildman–Crippen LogP) is 4.73. The Balaban J connectivity index is 1.42. The van der Waals surface area contributed by atoms with Crippen LogP contribution in [0.4, 0.5) is 5.69 Å². The maximum atomic E-state index is 13.7. The Labute approximate surface area is 212 Å². The summed E-state index contributed by atoms with van der Waals surface area (Å²) in [7, 11) is 1.67. The van der Waals surface area contributed by atoms with Crippen LogP contribution in [0.25, 0.3) is 10.9 Å². The van der Waals surface area contributed by atoms with Crippen molar-refractivity contribution in [2.24, 2.45) is 10.9 Å². The van der Waals surface area contributed by atoms with E-state index in [4.69, 9.17) is 0 Å². The number of carbonyl (C=O) groups excluding carboxylic acids is 1. The summed E-state index contributed by atoms with van der Waals surface area (Å²) < 4.78 is 0. The molecule has 36 heavy (non-hydrogen) atoms. The molecule has 3 heterocycles. The van der Waals surface area contributed by atoms with Gasteiger partial charge in [-0.25, -0.2) is 0 Å². The van der Waals surface area contributed by atoms with Crippen molar-refractivity contribution in [3.63, 3.8) is 0 Å². The number of anilines is 1. The Bertz CT molecular complexity index is 1320. The molecule has 1 aromatic carbocycles. The molecule has 2 fully saturated rings. The van der Waals surface area contributed by atoms with E-state index in [1.165, 1.54) is 18.4 Å². The van der Waals surface area contributed by atoms with Gasteiger partial charge in [0.2, 0.25) is 0 Å². The molecule has 0 spiro atoms. The summed E-state index contributed by atoms with van der Waals surface area (Å²) >= 11 is 0. The maximum absolute atomic E-state index is 13.7. The number of hydrogen-bond donors (Lipinski definition) is 2. The highest BCUT2D eigenvalue weighted by Gasteiger charge is 2.26. The van der Waals surface area contributed by atoms with Gasteiger partial charge in [-0.15, -0.1) is 0 Å². The summed E-state index contributed by atoms with van der Waals surface area (Å²) in [5.41, 5.74) is 4.74. The zero-order chi connectivity index (χ0) is 25.1. The van der Waals surface area contributed by atoms with Gasteiger partial charge in [0.15, 0.2) is 0 Å². The molecule has 2 aromatic heterocycles. The van der Waals surface area contributed by atoms with E-state index in [1.807, 2.05) is 36.2 Å². The number of aliphatic imine (C=N–C) groups is 1. The molecule has 7 nitrogen and oxygen atoms in total. The minimum Gasteiger partial charge on any atom is -0.381 e. The van der Waals surface area contributed by atoms with Gasteiger partial charge in [0, 0.05) is 55.7 Å². The molecular formula is C29H35N5O2. The minimum atomic E-state index is -0.164. The van der Waals surface area contributed by atoms with E-state index >= 15 is 0 Å². The van der Waals surface area contributed by atoms with Crippen LogP contribution in [0.2, 0.25) is 0 Å². The lowest BCUT2D eigenvalue weighted by Gasteiger charge is -2.32. The van der Waals surface area contributed by atoms with E-state index in [-0.39, 0.29) is 11.5 Å². The first kappa shape index (κ1) is 24.2. The van der Waals surface area contributed by atoms with E-state index in [0.717, 1.165) is 67.3 Å². The van der Waals surface area contributed by atoms with Crippen LogP contribution < -0.4 is 10.9 Å². The predicted molar refractivity (Wildman–Crippen MR) is 145 cm³/mol. The van der Waals surface area contributed by atoms with E-state index < -0.39 is 0 Å². The number of likely N-dealkylation sites (tertiary alicyclic amines) is 1. The number of carbonyl (C=O) groups is 1. The minimum absolute atomic E-state index is 0.0675. The van der Waals surface area contributed by atoms with Crippen molar-refractivity contribution in [3.05, 3.63) is 69.3 Å². The molecule has 0 unspecified atom stereocenters. The van der Waals surface area contributed by atoms with Crippen LogP contribution >= 0.6 is 0 Å². The first-order chi connectivity index (χ1) is 17.5. The second kappa shape index (κ2) is 10.6. The molecule has 1 saturated heterocycles. The number of hydrogen-bond acceptors (Lipinski definition) is 5. The summed E-state index contributed by atoms with van der Waals surface area (Å²) in [4.78, 5) is 39.9. The molecule has 0 radical (unpaired) electrons. The molecule has 1 aliphatic carbocycles. The number of amides is 1. The Morgan fingerprint density at radius 3 is 2.69 bits per heavy atom. The van der Waals surface area contributed by atoms with Crippen molar-refractivity contribution in [3.8, 4) is 0 Å². The lowest BCUT2D eigenvalue weighted by Crippen LogP contribution is -2.39. The number of aromatic nitrogens is 2. The van der Waals surface area contributed by atoms with E-state index in [1.54, 1.807) is 19.5 Å². The Hall–Kier alpha value is -3.48. The van der Waals surface area contributed by atoms with E-state index in [2.05, 4.69) is 26.3 Å². The number of pyridine rings is 2. The van der Waals surface area contributed by atoms with Crippen molar-refractivity contribution in [2.75, 3.05) is 25.5 Å².